The molecular weight excluding hydrogens is 709 g/mol. The van der Waals surface area contributed by atoms with Crippen LogP contribution in [0.3, 0.4) is 0 Å². The highest BCUT2D eigenvalue weighted by Crippen LogP contribution is 2.62. The molecule has 0 amide bonds. The molecule has 0 fully saturated rings. The summed E-state index contributed by atoms with van der Waals surface area (Å²) < 4.78 is 6.62. The number of hydrogen-bond acceptors (Lipinski definition) is 5. The summed E-state index contributed by atoms with van der Waals surface area (Å²) in [5.41, 5.74) is 12.6. The molecule has 5 heteroatoms. The predicted octanol–water partition coefficient (Wildman–Crippen LogP) is 12.0. The van der Waals surface area contributed by atoms with Crippen LogP contribution in [0.15, 0.2) is 204 Å². The van der Waals surface area contributed by atoms with Gasteiger partial charge in [0, 0.05) is 38.6 Å². The van der Waals surface area contributed by atoms with Gasteiger partial charge < -0.3 is 10.1 Å². The molecule has 1 aromatic heterocycles. The van der Waals surface area contributed by atoms with E-state index in [2.05, 4.69) is 163 Å². The molecule has 1 N–H and O–H groups in total. The van der Waals surface area contributed by atoms with Crippen molar-refractivity contribution >= 4 is 33.3 Å². The molecule has 1 aliphatic carbocycles. The molecule has 5 nitrogen and oxygen atoms in total. The van der Waals surface area contributed by atoms with Gasteiger partial charge in [-0.1, -0.05) is 158 Å². The first kappa shape index (κ1) is 32.6. The zero-order chi connectivity index (χ0) is 38.2. The van der Waals surface area contributed by atoms with Gasteiger partial charge in [-0.15, -0.1) is 0 Å². The smallest absolute Gasteiger partial charge is 0.159 e. The molecule has 0 bridgehead atoms. The van der Waals surface area contributed by atoms with E-state index in [1.54, 1.807) is 0 Å². The average molecular weight is 743 g/mol. The summed E-state index contributed by atoms with van der Waals surface area (Å²) in [5, 5.41) is 7.04. The number of hydrogen-bond donors (Lipinski definition) is 1. The van der Waals surface area contributed by atoms with E-state index in [9.17, 15) is 0 Å². The van der Waals surface area contributed by atoms with Crippen molar-refractivity contribution in [2.24, 2.45) is 9.98 Å². The molecule has 8 aromatic carbocycles. The van der Waals surface area contributed by atoms with Crippen molar-refractivity contribution in [3.05, 3.63) is 233 Å². The molecule has 2 aliphatic heterocycles. The van der Waals surface area contributed by atoms with Crippen LogP contribution < -0.4 is 10.1 Å². The Hall–Kier alpha value is -7.63. The van der Waals surface area contributed by atoms with Crippen molar-refractivity contribution in [1.29, 1.82) is 0 Å². The molecule has 12 rings (SSSR count). The predicted molar refractivity (Wildman–Crippen MR) is 234 cm³/mol. The largest absolute Gasteiger partial charge is 0.457 e. The van der Waals surface area contributed by atoms with Crippen molar-refractivity contribution in [1.82, 2.24) is 10.3 Å². The fourth-order valence-electron chi connectivity index (χ4n) is 9.45. The molecule has 58 heavy (non-hydrogen) atoms. The molecule has 9 aromatic rings. The third kappa shape index (κ3) is 4.80. The van der Waals surface area contributed by atoms with Gasteiger partial charge in [-0.05, 0) is 69.6 Å². The van der Waals surface area contributed by atoms with E-state index in [-0.39, 0.29) is 6.17 Å². The van der Waals surface area contributed by atoms with E-state index >= 15 is 0 Å². The number of pyridine rings is 1. The van der Waals surface area contributed by atoms with Crippen LogP contribution in [0.5, 0.6) is 11.5 Å². The Morgan fingerprint density at radius 3 is 1.88 bits per heavy atom. The Bertz CT molecular complexity index is 3140. The van der Waals surface area contributed by atoms with Gasteiger partial charge in [-0.3, -0.25) is 0 Å². The quantitative estimate of drug-likeness (QED) is 0.183. The number of rotatable bonds is 4. The van der Waals surface area contributed by atoms with Crippen LogP contribution in [0, 0.1) is 0 Å². The van der Waals surface area contributed by atoms with Crippen LogP contribution in [0.2, 0.25) is 0 Å². The lowest BCUT2D eigenvalue weighted by molar-refractivity contribution is 0.436. The molecule has 272 valence electrons. The monoisotopic (exact) mass is 742 g/mol. The molecule has 0 saturated carbocycles. The third-order valence-electron chi connectivity index (χ3n) is 12.0. The summed E-state index contributed by atoms with van der Waals surface area (Å²) in [6, 6.07) is 68.4. The second-order valence-corrected chi connectivity index (χ2v) is 15.1. The number of para-hydroxylation sites is 3. The second kappa shape index (κ2) is 12.7. The molecule has 1 unspecified atom stereocenters. The standard InChI is InChI=1S/C53H34N4O/c1-3-16-33(17-4-1)50-55-51(34-18-5-2-6-19-34)57-52(56-50)36-21-15-20-35(30-36)49-41-31-40-37-22-7-9-24-42(37)53(45(40)32-39(41)38-23-8-12-27-46(38)54-49)43-25-10-13-28-47(43)58-48-29-14-11-26-44(48)53/h1-32,52H,(H,55,56,57). The second-order valence-electron chi connectivity index (χ2n) is 15.1. The number of fused-ring (bicyclic) bond motifs is 12. The van der Waals surface area contributed by atoms with Crippen molar-refractivity contribution < 1.29 is 4.74 Å². The number of amidine groups is 2. The van der Waals surface area contributed by atoms with E-state index in [4.69, 9.17) is 19.7 Å². The maximum Gasteiger partial charge on any atom is 0.159 e. The number of aliphatic imine (C=N–C) groups is 2. The molecule has 1 atom stereocenters. The number of aromatic nitrogens is 1. The molecule has 3 aliphatic rings. The topological polar surface area (TPSA) is 58.9 Å². The Labute approximate surface area is 335 Å². The molecular formula is C53H34N4O. The number of benzene rings is 8. The van der Waals surface area contributed by atoms with Crippen LogP contribution in [0.1, 0.15) is 45.1 Å². The van der Waals surface area contributed by atoms with E-state index < -0.39 is 5.41 Å². The van der Waals surface area contributed by atoms with Crippen LogP contribution in [-0.2, 0) is 5.41 Å². The zero-order valence-electron chi connectivity index (χ0n) is 31.3. The van der Waals surface area contributed by atoms with Gasteiger partial charge in [0.05, 0.1) is 16.6 Å². The highest BCUT2D eigenvalue weighted by molar-refractivity contribution is 6.14. The Morgan fingerprint density at radius 1 is 0.466 bits per heavy atom. The number of ether oxygens (including phenoxy) is 1. The van der Waals surface area contributed by atoms with Gasteiger partial charge in [-0.2, -0.15) is 0 Å². The third-order valence-corrected chi connectivity index (χ3v) is 12.0. The first-order chi connectivity index (χ1) is 28.7. The van der Waals surface area contributed by atoms with E-state index in [1.165, 1.54) is 22.3 Å². The maximum absolute atomic E-state index is 6.62. The summed E-state index contributed by atoms with van der Waals surface area (Å²) in [7, 11) is 0. The maximum atomic E-state index is 6.62. The van der Waals surface area contributed by atoms with Crippen LogP contribution in [-0.4, -0.2) is 16.7 Å². The van der Waals surface area contributed by atoms with E-state index in [0.717, 1.165) is 78.1 Å². The Morgan fingerprint density at radius 2 is 1.10 bits per heavy atom. The Balaban J connectivity index is 1.08. The average Bonchev–Trinajstić information content (AvgIpc) is 3.58. The normalized spacial score (nSPS) is 15.7. The Kier molecular flexibility index (Phi) is 7.14. The fraction of sp³-hybridized carbons (Fsp3) is 0.0377. The zero-order valence-corrected chi connectivity index (χ0v) is 31.3. The van der Waals surface area contributed by atoms with Gasteiger partial charge in [0.25, 0.3) is 0 Å². The minimum atomic E-state index is -0.560. The SMILES string of the molecule is c1ccc(C2=NC(c3cccc(-c4nc5ccccc5c5cc6c(cc45)-c4ccccc4C64c5ccccc5Oc5ccccc54)c3)NC(c3ccccc3)=N2)cc1. The van der Waals surface area contributed by atoms with Gasteiger partial charge in [0.15, 0.2) is 5.84 Å². The summed E-state index contributed by atoms with van der Waals surface area (Å²) in [6.45, 7) is 0. The lowest BCUT2D eigenvalue weighted by atomic mass is 9.66. The van der Waals surface area contributed by atoms with Gasteiger partial charge in [0.2, 0.25) is 0 Å². The van der Waals surface area contributed by atoms with Crippen LogP contribution >= 0.6 is 0 Å². The van der Waals surface area contributed by atoms with Crippen molar-refractivity contribution in [3.63, 3.8) is 0 Å². The van der Waals surface area contributed by atoms with E-state index in [1.807, 2.05) is 36.4 Å². The molecule has 3 heterocycles. The summed E-state index contributed by atoms with van der Waals surface area (Å²) >= 11 is 0. The first-order valence-electron chi connectivity index (χ1n) is 19.7. The highest BCUT2D eigenvalue weighted by atomic mass is 16.5. The number of nitrogens with zero attached hydrogens (tertiary/aromatic N) is 3. The lowest BCUT2D eigenvalue weighted by Gasteiger charge is -2.39. The molecule has 0 radical (unpaired) electrons. The minimum absolute atomic E-state index is 0.362. The first-order valence-corrected chi connectivity index (χ1v) is 19.7. The van der Waals surface area contributed by atoms with Crippen molar-refractivity contribution in [2.75, 3.05) is 0 Å². The molecule has 1 spiro atoms. The van der Waals surface area contributed by atoms with Crippen LogP contribution in [0.4, 0.5) is 0 Å². The number of nitrogens with one attached hydrogen (secondary N) is 1. The summed E-state index contributed by atoms with van der Waals surface area (Å²) in [6.07, 6.45) is -0.362. The lowest BCUT2D eigenvalue weighted by Crippen LogP contribution is -2.33. The summed E-state index contributed by atoms with van der Waals surface area (Å²) in [5.74, 6) is 3.26. The van der Waals surface area contributed by atoms with Gasteiger partial charge >= 0.3 is 0 Å². The van der Waals surface area contributed by atoms with Gasteiger partial charge in [0.1, 0.15) is 23.5 Å². The van der Waals surface area contributed by atoms with Crippen LogP contribution in [0.25, 0.3) is 44.1 Å². The fourth-order valence-corrected chi connectivity index (χ4v) is 9.45. The van der Waals surface area contributed by atoms with Gasteiger partial charge in [-0.25, -0.2) is 15.0 Å². The highest BCUT2D eigenvalue weighted by Gasteiger charge is 2.51. The minimum Gasteiger partial charge on any atom is -0.457 e. The summed E-state index contributed by atoms with van der Waals surface area (Å²) in [4.78, 5) is 15.6. The molecule has 0 saturated heterocycles. The van der Waals surface area contributed by atoms with Crippen molar-refractivity contribution in [3.8, 4) is 33.9 Å². The van der Waals surface area contributed by atoms with E-state index in [0.29, 0.717) is 5.84 Å². The van der Waals surface area contributed by atoms with Crippen molar-refractivity contribution in [2.45, 2.75) is 11.6 Å².